The average Bonchev–Trinajstić information content (AvgIpc) is 2.27. The zero-order chi connectivity index (χ0) is 11.7. The number of nitrogens with zero attached hydrogens (tertiary/aromatic N) is 1. The van der Waals surface area contributed by atoms with Gasteiger partial charge in [0.05, 0.1) is 12.1 Å². The van der Waals surface area contributed by atoms with Gasteiger partial charge in [-0.25, -0.2) is 0 Å². The Morgan fingerprint density at radius 1 is 1.31 bits per heavy atom. The molecule has 0 saturated carbocycles. The lowest BCUT2D eigenvalue weighted by Crippen LogP contribution is -1.97. The lowest BCUT2D eigenvalue weighted by atomic mass is 10.0. The van der Waals surface area contributed by atoms with Crippen LogP contribution in [0.25, 0.3) is 10.9 Å². The maximum absolute atomic E-state index is 9.39. The molecule has 2 rings (SSSR count). The van der Waals surface area contributed by atoms with Crippen LogP contribution in [0.1, 0.15) is 31.0 Å². The number of aliphatic hydroxyl groups is 1. The van der Waals surface area contributed by atoms with E-state index in [0.717, 1.165) is 26.6 Å². The zero-order valence-electron chi connectivity index (χ0n) is 9.37. The molecule has 1 heterocycles. The molecule has 0 saturated heterocycles. The van der Waals surface area contributed by atoms with Gasteiger partial charge in [0.1, 0.15) is 0 Å². The van der Waals surface area contributed by atoms with E-state index >= 15 is 0 Å². The Hall–Kier alpha value is -0.930. The molecule has 0 unspecified atom stereocenters. The molecular weight excluding hydrogens is 266 g/mol. The molecule has 0 aliphatic rings. The van der Waals surface area contributed by atoms with Gasteiger partial charge in [0.15, 0.2) is 0 Å². The number of aromatic nitrogens is 1. The van der Waals surface area contributed by atoms with Crippen LogP contribution < -0.4 is 0 Å². The van der Waals surface area contributed by atoms with Crippen LogP contribution in [0, 0.1) is 0 Å². The first-order chi connectivity index (χ1) is 7.61. The van der Waals surface area contributed by atoms with Crippen molar-refractivity contribution >= 4 is 26.8 Å². The number of halogens is 1. The van der Waals surface area contributed by atoms with E-state index in [-0.39, 0.29) is 6.61 Å². The molecule has 0 radical (unpaired) electrons. The fraction of sp³-hybridized carbons (Fsp3) is 0.308. The van der Waals surface area contributed by atoms with Gasteiger partial charge >= 0.3 is 0 Å². The van der Waals surface area contributed by atoms with E-state index in [1.165, 1.54) is 0 Å². The van der Waals surface area contributed by atoms with Crippen molar-refractivity contribution in [1.29, 1.82) is 0 Å². The van der Waals surface area contributed by atoms with E-state index in [1.807, 2.05) is 24.3 Å². The third-order valence-corrected chi connectivity index (χ3v) is 3.13. The maximum Gasteiger partial charge on any atom is 0.0709 e. The van der Waals surface area contributed by atoms with E-state index < -0.39 is 0 Å². The summed E-state index contributed by atoms with van der Waals surface area (Å²) in [5, 5.41) is 10.4. The molecule has 0 fully saturated rings. The lowest BCUT2D eigenvalue weighted by Gasteiger charge is -2.10. The van der Waals surface area contributed by atoms with Crippen LogP contribution in [0.15, 0.2) is 28.7 Å². The van der Waals surface area contributed by atoms with E-state index in [9.17, 15) is 5.11 Å². The number of rotatable bonds is 2. The Bertz CT molecular complexity index is 523. The van der Waals surface area contributed by atoms with Crippen LogP contribution in [0.5, 0.6) is 0 Å². The standard InChI is InChI=1S/C13H14BrNO/c1-8(2)13-5-9(7-16)11-6-10(14)3-4-12(11)15-13/h3-6,8,16H,7H2,1-2H3. The third kappa shape index (κ3) is 2.11. The summed E-state index contributed by atoms with van der Waals surface area (Å²) >= 11 is 3.43. The Labute approximate surface area is 103 Å². The molecule has 1 aromatic carbocycles. The molecule has 0 amide bonds. The molecule has 0 bridgehead atoms. The van der Waals surface area contributed by atoms with Crippen molar-refractivity contribution in [1.82, 2.24) is 4.98 Å². The number of fused-ring (bicyclic) bond motifs is 1. The second-order valence-electron chi connectivity index (χ2n) is 4.18. The monoisotopic (exact) mass is 279 g/mol. The van der Waals surface area contributed by atoms with Crippen LogP contribution in [0.3, 0.4) is 0 Å². The molecule has 2 aromatic rings. The normalized spacial score (nSPS) is 11.3. The fourth-order valence-corrected chi connectivity index (χ4v) is 2.08. The van der Waals surface area contributed by atoms with Gasteiger partial charge in [0.2, 0.25) is 0 Å². The topological polar surface area (TPSA) is 33.1 Å². The lowest BCUT2D eigenvalue weighted by molar-refractivity contribution is 0.283. The first-order valence-electron chi connectivity index (χ1n) is 5.31. The second kappa shape index (κ2) is 4.52. The van der Waals surface area contributed by atoms with Crippen molar-refractivity contribution in [3.63, 3.8) is 0 Å². The highest BCUT2D eigenvalue weighted by Crippen LogP contribution is 2.25. The quantitative estimate of drug-likeness (QED) is 0.911. The largest absolute Gasteiger partial charge is 0.392 e. The summed E-state index contributed by atoms with van der Waals surface area (Å²) in [5.41, 5.74) is 2.91. The van der Waals surface area contributed by atoms with Gasteiger partial charge in [-0.15, -0.1) is 0 Å². The van der Waals surface area contributed by atoms with Gasteiger partial charge in [0.25, 0.3) is 0 Å². The minimum atomic E-state index is 0.0508. The number of hydrogen-bond acceptors (Lipinski definition) is 2. The summed E-state index contributed by atoms with van der Waals surface area (Å²) in [4.78, 5) is 4.59. The van der Waals surface area contributed by atoms with E-state index in [1.54, 1.807) is 0 Å². The van der Waals surface area contributed by atoms with Crippen LogP contribution in [-0.4, -0.2) is 10.1 Å². The Morgan fingerprint density at radius 3 is 2.69 bits per heavy atom. The van der Waals surface area contributed by atoms with Crippen molar-refractivity contribution in [3.05, 3.63) is 40.0 Å². The Morgan fingerprint density at radius 2 is 2.06 bits per heavy atom. The predicted octanol–water partition coefficient (Wildman–Crippen LogP) is 3.61. The van der Waals surface area contributed by atoms with Crippen molar-refractivity contribution in [3.8, 4) is 0 Å². The fourth-order valence-electron chi connectivity index (χ4n) is 1.72. The molecule has 0 aliphatic carbocycles. The van der Waals surface area contributed by atoms with Crippen LogP contribution >= 0.6 is 15.9 Å². The summed E-state index contributed by atoms with van der Waals surface area (Å²) in [6.45, 7) is 4.26. The summed E-state index contributed by atoms with van der Waals surface area (Å²) in [5.74, 6) is 0.373. The van der Waals surface area contributed by atoms with Gasteiger partial charge in [-0.1, -0.05) is 29.8 Å². The van der Waals surface area contributed by atoms with E-state index in [0.29, 0.717) is 5.92 Å². The number of aliphatic hydroxyl groups excluding tert-OH is 1. The van der Waals surface area contributed by atoms with Crippen LogP contribution in [0.4, 0.5) is 0 Å². The first kappa shape index (κ1) is 11.6. The SMILES string of the molecule is CC(C)c1cc(CO)c2cc(Br)ccc2n1. The number of pyridine rings is 1. The van der Waals surface area contributed by atoms with Crippen LogP contribution in [0.2, 0.25) is 0 Å². The molecule has 0 spiro atoms. The molecule has 16 heavy (non-hydrogen) atoms. The maximum atomic E-state index is 9.39. The van der Waals surface area contributed by atoms with Gasteiger partial charge in [-0.3, -0.25) is 4.98 Å². The van der Waals surface area contributed by atoms with Crippen molar-refractivity contribution < 1.29 is 5.11 Å². The van der Waals surface area contributed by atoms with Gasteiger partial charge in [-0.05, 0) is 35.7 Å². The zero-order valence-corrected chi connectivity index (χ0v) is 11.0. The molecule has 84 valence electrons. The molecular formula is C13H14BrNO. The molecule has 0 aliphatic heterocycles. The number of benzene rings is 1. The molecule has 1 aromatic heterocycles. The van der Waals surface area contributed by atoms with Gasteiger partial charge < -0.3 is 5.11 Å². The molecule has 0 atom stereocenters. The molecule has 3 heteroatoms. The Kier molecular flexibility index (Phi) is 3.26. The highest BCUT2D eigenvalue weighted by molar-refractivity contribution is 9.10. The van der Waals surface area contributed by atoms with Gasteiger partial charge in [0, 0.05) is 15.6 Å². The summed E-state index contributed by atoms with van der Waals surface area (Å²) < 4.78 is 1.01. The summed E-state index contributed by atoms with van der Waals surface area (Å²) in [6.07, 6.45) is 0. The third-order valence-electron chi connectivity index (χ3n) is 2.64. The van der Waals surface area contributed by atoms with E-state index in [2.05, 4.69) is 34.8 Å². The Balaban J connectivity index is 2.73. The number of hydrogen-bond donors (Lipinski definition) is 1. The molecule has 1 N–H and O–H groups in total. The van der Waals surface area contributed by atoms with Crippen molar-refractivity contribution in [2.24, 2.45) is 0 Å². The predicted molar refractivity (Wildman–Crippen MR) is 69.5 cm³/mol. The summed E-state index contributed by atoms with van der Waals surface area (Å²) in [6, 6.07) is 7.93. The minimum Gasteiger partial charge on any atom is -0.392 e. The minimum absolute atomic E-state index is 0.0508. The molecule has 2 nitrogen and oxygen atoms in total. The van der Waals surface area contributed by atoms with Crippen LogP contribution in [-0.2, 0) is 6.61 Å². The first-order valence-corrected chi connectivity index (χ1v) is 6.11. The summed E-state index contributed by atoms with van der Waals surface area (Å²) in [7, 11) is 0. The highest BCUT2D eigenvalue weighted by atomic mass is 79.9. The van der Waals surface area contributed by atoms with Crippen molar-refractivity contribution in [2.75, 3.05) is 0 Å². The smallest absolute Gasteiger partial charge is 0.0709 e. The average molecular weight is 280 g/mol. The van der Waals surface area contributed by atoms with Gasteiger partial charge in [-0.2, -0.15) is 0 Å². The van der Waals surface area contributed by atoms with E-state index in [4.69, 9.17) is 0 Å². The van der Waals surface area contributed by atoms with Crippen molar-refractivity contribution in [2.45, 2.75) is 26.4 Å². The highest BCUT2D eigenvalue weighted by Gasteiger charge is 2.08. The second-order valence-corrected chi connectivity index (χ2v) is 5.10.